The van der Waals surface area contributed by atoms with Crippen LogP contribution in [0.4, 0.5) is 0 Å². The third-order valence-corrected chi connectivity index (χ3v) is 3.00. The molecule has 2 atom stereocenters. The standard InChI is InChI=1S/C14H28N2O4/c1-11(2)16-14(18)5-6-15-8-12(17)9-19-10-13-4-3-7-20-13/h11-13,15,17H,3-10H2,1-2H3,(H,16,18). The van der Waals surface area contributed by atoms with Crippen LogP contribution < -0.4 is 10.6 Å². The molecule has 20 heavy (non-hydrogen) atoms. The van der Waals surface area contributed by atoms with E-state index in [0.29, 0.717) is 32.7 Å². The fraction of sp³-hybridized carbons (Fsp3) is 0.929. The first kappa shape index (κ1) is 17.4. The monoisotopic (exact) mass is 288 g/mol. The summed E-state index contributed by atoms with van der Waals surface area (Å²) in [5.74, 6) is 0.0246. The van der Waals surface area contributed by atoms with Crippen LogP contribution in [-0.4, -0.2) is 62.2 Å². The number of rotatable bonds is 10. The summed E-state index contributed by atoms with van der Waals surface area (Å²) >= 11 is 0. The van der Waals surface area contributed by atoms with Crippen molar-refractivity contribution < 1.29 is 19.4 Å². The van der Waals surface area contributed by atoms with Gasteiger partial charge in [-0.2, -0.15) is 0 Å². The molecule has 0 aromatic heterocycles. The molecule has 1 fully saturated rings. The van der Waals surface area contributed by atoms with Crippen LogP contribution in [-0.2, 0) is 14.3 Å². The third kappa shape index (κ3) is 8.47. The van der Waals surface area contributed by atoms with Crippen LogP contribution in [0.5, 0.6) is 0 Å². The van der Waals surface area contributed by atoms with Crippen molar-refractivity contribution in [2.24, 2.45) is 0 Å². The number of aliphatic hydroxyl groups is 1. The van der Waals surface area contributed by atoms with Crippen LogP contribution in [0.2, 0.25) is 0 Å². The maximum Gasteiger partial charge on any atom is 0.221 e. The van der Waals surface area contributed by atoms with Gasteiger partial charge in [-0.25, -0.2) is 0 Å². The van der Waals surface area contributed by atoms with Crippen LogP contribution in [0, 0.1) is 0 Å². The zero-order valence-corrected chi connectivity index (χ0v) is 12.6. The summed E-state index contributed by atoms with van der Waals surface area (Å²) in [6, 6.07) is 0.166. The Labute approximate surface area is 121 Å². The minimum atomic E-state index is -0.551. The van der Waals surface area contributed by atoms with Crippen LogP contribution in [0.1, 0.15) is 33.1 Å². The van der Waals surface area contributed by atoms with E-state index in [9.17, 15) is 9.90 Å². The molecule has 0 aromatic rings. The minimum Gasteiger partial charge on any atom is -0.389 e. The first-order valence-electron chi connectivity index (χ1n) is 7.45. The van der Waals surface area contributed by atoms with E-state index in [0.717, 1.165) is 19.4 Å². The Bertz CT molecular complexity index is 268. The Morgan fingerprint density at radius 1 is 1.50 bits per heavy atom. The van der Waals surface area contributed by atoms with Gasteiger partial charge in [0, 0.05) is 32.2 Å². The molecule has 1 aliphatic rings. The van der Waals surface area contributed by atoms with E-state index in [1.165, 1.54) is 0 Å². The summed E-state index contributed by atoms with van der Waals surface area (Å²) in [6.07, 6.45) is 2.19. The quantitative estimate of drug-likeness (QED) is 0.495. The van der Waals surface area contributed by atoms with Crippen molar-refractivity contribution in [3.8, 4) is 0 Å². The molecule has 3 N–H and O–H groups in total. The third-order valence-electron chi connectivity index (χ3n) is 3.00. The highest BCUT2D eigenvalue weighted by Crippen LogP contribution is 2.11. The number of hydrogen-bond donors (Lipinski definition) is 3. The summed E-state index contributed by atoms with van der Waals surface area (Å²) in [4.78, 5) is 11.4. The number of nitrogens with one attached hydrogen (secondary N) is 2. The molecule has 0 spiro atoms. The zero-order chi connectivity index (χ0) is 14.8. The van der Waals surface area contributed by atoms with Gasteiger partial charge in [-0.15, -0.1) is 0 Å². The van der Waals surface area contributed by atoms with E-state index in [4.69, 9.17) is 9.47 Å². The molecule has 1 rings (SSSR count). The van der Waals surface area contributed by atoms with Gasteiger partial charge in [-0.05, 0) is 26.7 Å². The van der Waals surface area contributed by atoms with Crippen molar-refractivity contribution in [2.75, 3.05) is 32.9 Å². The Hall–Kier alpha value is -0.690. The van der Waals surface area contributed by atoms with Crippen molar-refractivity contribution in [1.82, 2.24) is 10.6 Å². The fourth-order valence-electron chi connectivity index (χ4n) is 2.03. The second-order valence-corrected chi connectivity index (χ2v) is 5.50. The minimum absolute atomic E-state index is 0.0246. The molecule has 6 heteroatoms. The molecule has 0 saturated carbocycles. The topological polar surface area (TPSA) is 79.8 Å². The van der Waals surface area contributed by atoms with Crippen molar-refractivity contribution >= 4 is 5.91 Å². The van der Waals surface area contributed by atoms with Crippen molar-refractivity contribution in [3.63, 3.8) is 0 Å². The second kappa shape index (κ2) is 10.1. The van der Waals surface area contributed by atoms with Crippen LogP contribution in [0.25, 0.3) is 0 Å². The lowest BCUT2D eigenvalue weighted by molar-refractivity contribution is -0.121. The number of carbonyl (C=O) groups excluding carboxylic acids is 1. The number of aliphatic hydroxyl groups excluding tert-OH is 1. The first-order valence-corrected chi connectivity index (χ1v) is 7.45. The molecule has 1 aliphatic heterocycles. The molecule has 0 aliphatic carbocycles. The van der Waals surface area contributed by atoms with E-state index < -0.39 is 6.10 Å². The lowest BCUT2D eigenvalue weighted by Gasteiger charge is -2.14. The molecule has 0 bridgehead atoms. The Morgan fingerprint density at radius 2 is 2.30 bits per heavy atom. The fourth-order valence-corrected chi connectivity index (χ4v) is 2.03. The molecule has 2 unspecified atom stereocenters. The van der Waals surface area contributed by atoms with Crippen molar-refractivity contribution in [3.05, 3.63) is 0 Å². The maximum atomic E-state index is 11.4. The van der Waals surface area contributed by atoms with Gasteiger partial charge in [0.25, 0.3) is 0 Å². The van der Waals surface area contributed by atoms with E-state index in [1.807, 2.05) is 13.8 Å². The molecule has 6 nitrogen and oxygen atoms in total. The summed E-state index contributed by atoms with van der Waals surface area (Å²) < 4.78 is 10.8. The molecule has 0 aromatic carbocycles. The van der Waals surface area contributed by atoms with Gasteiger partial charge in [0.1, 0.15) is 0 Å². The first-order chi connectivity index (χ1) is 9.58. The average Bonchev–Trinajstić information content (AvgIpc) is 2.87. The predicted molar refractivity (Wildman–Crippen MR) is 76.6 cm³/mol. The SMILES string of the molecule is CC(C)NC(=O)CCNCC(O)COCC1CCCO1. The van der Waals surface area contributed by atoms with Gasteiger partial charge < -0.3 is 25.2 Å². The van der Waals surface area contributed by atoms with Crippen LogP contribution >= 0.6 is 0 Å². The van der Waals surface area contributed by atoms with Crippen LogP contribution in [0.3, 0.4) is 0 Å². The van der Waals surface area contributed by atoms with E-state index in [-0.39, 0.29) is 18.1 Å². The Balaban J connectivity index is 1.91. The molecule has 1 saturated heterocycles. The van der Waals surface area contributed by atoms with Gasteiger partial charge >= 0.3 is 0 Å². The molecule has 1 heterocycles. The summed E-state index contributed by atoms with van der Waals surface area (Å²) in [5, 5.41) is 15.6. The lowest BCUT2D eigenvalue weighted by Crippen LogP contribution is -2.35. The van der Waals surface area contributed by atoms with E-state index in [1.54, 1.807) is 0 Å². The highest BCUT2D eigenvalue weighted by molar-refractivity contribution is 5.76. The molecular formula is C14H28N2O4. The Kier molecular flexibility index (Phi) is 8.77. The summed E-state index contributed by atoms with van der Waals surface area (Å²) in [6.45, 7) is 6.51. The summed E-state index contributed by atoms with van der Waals surface area (Å²) in [5.41, 5.74) is 0. The summed E-state index contributed by atoms with van der Waals surface area (Å²) in [7, 11) is 0. The average molecular weight is 288 g/mol. The Morgan fingerprint density at radius 3 is 2.95 bits per heavy atom. The molecule has 1 amide bonds. The molecular weight excluding hydrogens is 260 g/mol. The van der Waals surface area contributed by atoms with Gasteiger partial charge in [-0.1, -0.05) is 0 Å². The van der Waals surface area contributed by atoms with E-state index in [2.05, 4.69) is 10.6 Å². The molecule has 118 valence electrons. The number of hydrogen-bond acceptors (Lipinski definition) is 5. The smallest absolute Gasteiger partial charge is 0.221 e. The van der Waals surface area contributed by atoms with E-state index >= 15 is 0 Å². The lowest BCUT2D eigenvalue weighted by atomic mass is 10.2. The highest BCUT2D eigenvalue weighted by Gasteiger charge is 2.16. The maximum absolute atomic E-state index is 11.4. The van der Waals surface area contributed by atoms with Gasteiger partial charge in [0.15, 0.2) is 0 Å². The second-order valence-electron chi connectivity index (χ2n) is 5.50. The normalized spacial score (nSPS) is 20.3. The molecule has 0 radical (unpaired) electrons. The number of amides is 1. The van der Waals surface area contributed by atoms with Gasteiger partial charge in [0.2, 0.25) is 5.91 Å². The zero-order valence-electron chi connectivity index (χ0n) is 12.6. The van der Waals surface area contributed by atoms with Crippen molar-refractivity contribution in [1.29, 1.82) is 0 Å². The van der Waals surface area contributed by atoms with Gasteiger partial charge in [-0.3, -0.25) is 4.79 Å². The van der Waals surface area contributed by atoms with Crippen LogP contribution in [0.15, 0.2) is 0 Å². The highest BCUT2D eigenvalue weighted by atomic mass is 16.5. The van der Waals surface area contributed by atoms with Crippen molar-refractivity contribution in [2.45, 2.75) is 51.4 Å². The largest absolute Gasteiger partial charge is 0.389 e. The number of ether oxygens (including phenoxy) is 2. The predicted octanol–water partition coefficient (Wildman–Crippen LogP) is 0.0472. The van der Waals surface area contributed by atoms with Gasteiger partial charge in [0.05, 0.1) is 25.4 Å². The number of carbonyl (C=O) groups is 1.